The van der Waals surface area contributed by atoms with Gasteiger partial charge in [0.25, 0.3) is 0 Å². The van der Waals surface area contributed by atoms with E-state index in [1.165, 1.54) is 25.5 Å². The number of carbonyl (C=O) groups excluding carboxylic acids is 1. The van der Waals surface area contributed by atoms with Crippen LogP contribution >= 0.6 is 0 Å². The van der Waals surface area contributed by atoms with Gasteiger partial charge < -0.3 is 0 Å². The van der Waals surface area contributed by atoms with Gasteiger partial charge in [0.15, 0.2) is 0 Å². The molecule has 1 rings (SSSR count). The van der Waals surface area contributed by atoms with E-state index in [1.807, 2.05) is 0 Å². The molecule has 0 N–H and O–H groups in total. The minimum atomic E-state index is 0.546. The Kier molecular flexibility index (Phi) is 4.39. The molecule has 3 nitrogen and oxygen atoms in total. The number of rotatable bonds is 2. The van der Waals surface area contributed by atoms with E-state index in [2.05, 4.69) is 35.7 Å². The molecule has 1 aliphatic heterocycles. The molecule has 1 atom stereocenters. The highest BCUT2D eigenvalue weighted by Crippen LogP contribution is 2.21. The van der Waals surface area contributed by atoms with E-state index in [4.69, 9.17) is 0 Å². The second-order valence-electron chi connectivity index (χ2n) is 3.82. The predicted octanol–water partition coefficient (Wildman–Crippen LogP) is 1.55. The van der Waals surface area contributed by atoms with Crippen molar-refractivity contribution < 1.29 is 4.79 Å². The summed E-state index contributed by atoms with van der Waals surface area (Å²) in [5.41, 5.74) is 0. The molecule has 1 fully saturated rings. The van der Waals surface area contributed by atoms with Gasteiger partial charge >= 0.3 is 0 Å². The highest BCUT2D eigenvalue weighted by molar-refractivity contribution is 5.36. The van der Waals surface area contributed by atoms with Gasteiger partial charge in [-0.25, -0.2) is 4.79 Å². The zero-order valence-electron chi connectivity index (χ0n) is 8.79. The van der Waals surface area contributed by atoms with Crippen LogP contribution in [0.5, 0.6) is 0 Å². The number of nitrogens with zero attached hydrogens (tertiary/aromatic N) is 2. The number of likely N-dealkylation sites (tertiary alicyclic amines) is 1. The fourth-order valence-electron chi connectivity index (χ4n) is 1.98. The molecule has 1 unspecified atom stereocenters. The van der Waals surface area contributed by atoms with Crippen molar-refractivity contribution in [2.24, 2.45) is 4.99 Å². The predicted molar refractivity (Wildman–Crippen MR) is 55.4 cm³/mol. The van der Waals surface area contributed by atoms with Gasteiger partial charge in [0.2, 0.25) is 6.08 Å². The first-order valence-electron chi connectivity index (χ1n) is 5.06. The summed E-state index contributed by atoms with van der Waals surface area (Å²) in [7, 11) is 0. The quantitative estimate of drug-likeness (QED) is 0.378. The van der Waals surface area contributed by atoms with Crippen LogP contribution in [-0.4, -0.2) is 29.6 Å². The largest absolute Gasteiger partial charge is 0.297 e. The van der Waals surface area contributed by atoms with E-state index in [9.17, 15) is 4.79 Å². The van der Waals surface area contributed by atoms with E-state index in [1.54, 1.807) is 0 Å². The smallest absolute Gasteiger partial charge is 0.249 e. The SMILES string of the molecule is CC(C)N1CCCC1CC#CN=C=O. The standard InChI is InChI=1S/C11H16N2O/c1-10(2)13-8-4-6-11(13)5-3-7-12-9-14/h10-11H,4-6,8H2,1-2H3. The highest BCUT2D eigenvalue weighted by Gasteiger charge is 2.25. The molecule has 14 heavy (non-hydrogen) atoms. The van der Waals surface area contributed by atoms with Crippen LogP contribution in [0.3, 0.4) is 0 Å². The fraction of sp³-hybridized carbons (Fsp3) is 0.727. The maximum Gasteiger partial charge on any atom is 0.249 e. The van der Waals surface area contributed by atoms with Crippen LogP contribution in [0.15, 0.2) is 4.99 Å². The third kappa shape index (κ3) is 2.99. The lowest BCUT2D eigenvalue weighted by Gasteiger charge is -2.26. The molecule has 0 aromatic heterocycles. The van der Waals surface area contributed by atoms with E-state index in [0.29, 0.717) is 12.1 Å². The summed E-state index contributed by atoms with van der Waals surface area (Å²) in [6.07, 6.45) is 4.68. The summed E-state index contributed by atoms with van der Waals surface area (Å²) < 4.78 is 0. The molecular weight excluding hydrogens is 176 g/mol. The van der Waals surface area contributed by atoms with Crippen LogP contribution in [0.2, 0.25) is 0 Å². The number of hydrogen-bond donors (Lipinski definition) is 0. The topological polar surface area (TPSA) is 32.7 Å². The van der Waals surface area contributed by atoms with E-state index < -0.39 is 0 Å². The number of hydrogen-bond acceptors (Lipinski definition) is 3. The summed E-state index contributed by atoms with van der Waals surface area (Å²) in [4.78, 5) is 15.4. The molecule has 1 aliphatic rings. The summed E-state index contributed by atoms with van der Waals surface area (Å²) in [5, 5.41) is 0. The lowest BCUT2D eigenvalue weighted by molar-refractivity contribution is 0.206. The second kappa shape index (κ2) is 5.59. The van der Waals surface area contributed by atoms with E-state index in [0.717, 1.165) is 6.42 Å². The Bertz CT molecular complexity index is 281. The molecule has 3 heteroatoms. The Labute approximate surface area is 85.2 Å². The second-order valence-corrected chi connectivity index (χ2v) is 3.82. The zero-order valence-corrected chi connectivity index (χ0v) is 8.79. The normalized spacial score (nSPS) is 21.5. The van der Waals surface area contributed by atoms with Gasteiger partial charge in [-0.05, 0) is 33.2 Å². The van der Waals surface area contributed by atoms with Gasteiger partial charge in [0.05, 0.1) is 0 Å². The first-order valence-corrected chi connectivity index (χ1v) is 5.06. The lowest BCUT2D eigenvalue weighted by atomic mass is 10.1. The Morgan fingerprint density at radius 3 is 3.00 bits per heavy atom. The van der Waals surface area contributed by atoms with E-state index >= 15 is 0 Å². The summed E-state index contributed by atoms with van der Waals surface area (Å²) in [6, 6.07) is 3.57. The average molecular weight is 192 g/mol. The zero-order chi connectivity index (χ0) is 10.4. The maximum absolute atomic E-state index is 9.77. The van der Waals surface area contributed by atoms with Crippen molar-refractivity contribution in [2.45, 2.75) is 45.2 Å². The molecule has 0 aromatic carbocycles. The summed E-state index contributed by atoms with van der Waals surface area (Å²) in [5.74, 6) is 2.89. The Hall–Kier alpha value is -1.10. The summed E-state index contributed by atoms with van der Waals surface area (Å²) in [6.45, 7) is 5.58. The third-order valence-electron chi connectivity index (χ3n) is 2.60. The van der Waals surface area contributed by atoms with Gasteiger partial charge in [0, 0.05) is 24.5 Å². The van der Waals surface area contributed by atoms with Gasteiger partial charge in [-0.2, -0.15) is 0 Å². The van der Waals surface area contributed by atoms with Crippen LogP contribution < -0.4 is 0 Å². The average Bonchev–Trinajstić information content (AvgIpc) is 2.60. The van der Waals surface area contributed by atoms with E-state index in [-0.39, 0.29) is 0 Å². The maximum atomic E-state index is 9.77. The molecule has 0 radical (unpaired) electrons. The Morgan fingerprint density at radius 2 is 2.36 bits per heavy atom. The molecule has 0 aromatic rings. The molecule has 1 heterocycles. The monoisotopic (exact) mass is 192 g/mol. The fourth-order valence-corrected chi connectivity index (χ4v) is 1.98. The summed E-state index contributed by atoms with van der Waals surface area (Å²) >= 11 is 0. The van der Waals surface area contributed by atoms with Crippen molar-refractivity contribution in [3.05, 3.63) is 0 Å². The first kappa shape index (κ1) is 11.0. The Balaban J connectivity index is 2.44. The minimum absolute atomic E-state index is 0.546. The molecule has 0 spiro atoms. The van der Waals surface area contributed by atoms with Crippen molar-refractivity contribution in [2.75, 3.05) is 6.54 Å². The molecular formula is C11H16N2O. The molecule has 76 valence electrons. The van der Waals surface area contributed by atoms with Crippen molar-refractivity contribution in [3.8, 4) is 12.0 Å². The lowest BCUT2D eigenvalue weighted by Crippen LogP contribution is -2.35. The van der Waals surface area contributed by atoms with Crippen molar-refractivity contribution in [3.63, 3.8) is 0 Å². The van der Waals surface area contributed by atoms with Crippen LogP contribution in [0.25, 0.3) is 0 Å². The Morgan fingerprint density at radius 1 is 1.57 bits per heavy atom. The first-order chi connectivity index (χ1) is 6.75. The van der Waals surface area contributed by atoms with Gasteiger partial charge in [-0.3, -0.25) is 4.90 Å². The molecule has 1 saturated heterocycles. The van der Waals surface area contributed by atoms with Gasteiger partial charge in [-0.15, -0.1) is 4.99 Å². The van der Waals surface area contributed by atoms with Crippen LogP contribution in [0, 0.1) is 12.0 Å². The van der Waals surface area contributed by atoms with Crippen LogP contribution in [0.1, 0.15) is 33.1 Å². The van der Waals surface area contributed by atoms with Crippen LogP contribution in [0.4, 0.5) is 0 Å². The highest BCUT2D eigenvalue weighted by atomic mass is 16.1. The van der Waals surface area contributed by atoms with Gasteiger partial charge in [-0.1, -0.05) is 5.92 Å². The minimum Gasteiger partial charge on any atom is -0.297 e. The number of isocyanates is 1. The molecule has 0 bridgehead atoms. The van der Waals surface area contributed by atoms with Crippen LogP contribution in [-0.2, 0) is 4.79 Å². The van der Waals surface area contributed by atoms with Gasteiger partial charge in [0.1, 0.15) is 0 Å². The molecule has 0 aliphatic carbocycles. The third-order valence-corrected chi connectivity index (χ3v) is 2.60. The van der Waals surface area contributed by atoms with Crippen molar-refractivity contribution >= 4 is 6.08 Å². The van der Waals surface area contributed by atoms with Crippen molar-refractivity contribution in [1.29, 1.82) is 0 Å². The van der Waals surface area contributed by atoms with Crippen molar-refractivity contribution in [1.82, 2.24) is 4.90 Å². The molecule has 0 saturated carbocycles. The number of aliphatic imine (C=N–C) groups is 1. The molecule has 0 amide bonds.